The van der Waals surface area contributed by atoms with Crippen LogP contribution in [0.3, 0.4) is 0 Å². The van der Waals surface area contributed by atoms with Gasteiger partial charge in [0, 0.05) is 23.8 Å². The summed E-state index contributed by atoms with van der Waals surface area (Å²) >= 11 is 0. The summed E-state index contributed by atoms with van der Waals surface area (Å²) in [5.41, 5.74) is 8.35. The minimum atomic E-state index is 0.213. The highest BCUT2D eigenvalue weighted by molar-refractivity contribution is 5.91. The highest BCUT2D eigenvalue weighted by atomic mass is 16.5. The molecule has 2 aliphatic rings. The molecule has 1 aliphatic heterocycles. The van der Waals surface area contributed by atoms with E-state index in [1.54, 1.807) is 0 Å². The number of anilines is 1. The van der Waals surface area contributed by atoms with E-state index in [1.165, 1.54) is 50.5 Å². The monoisotopic (exact) mass is 284 g/mol. The van der Waals surface area contributed by atoms with Gasteiger partial charge >= 0.3 is 0 Å². The summed E-state index contributed by atoms with van der Waals surface area (Å²) in [5.74, 6) is 0. The Bertz CT molecular complexity index is 640. The van der Waals surface area contributed by atoms with Crippen LogP contribution in [0.25, 0.3) is 10.9 Å². The van der Waals surface area contributed by atoms with Crippen LogP contribution in [0.2, 0.25) is 0 Å². The number of nitrogens with zero attached hydrogens (tertiary/aromatic N) is 1. The smallest absolute Gasteiger partial charge is 0.0762 e. The van der Waals surface area contributed by atoms with Crippen molar-refractivity contribution in [3.63, 3.8) is 0 Å². The topological polar surface area (TPSA) is 40.2 Å². The number of nitrogen functional groups attached to an aromatic ring is 1. The van der Waals surface area contributed by atoms with Crippen molar-refractivity contribution in [3.8, 4) is 0 Å². The van der Waals surface area contributed by atoms with Crippen molar-refractivity contribution < 1.29 is 4.74 Å². The Kier molecular flexibility index (Phi) is 3.18. The Hall–Kier alpha value is -1.48. The maximum Gasteiger partial charge on any atom is 0.0762 e. The summed E-state index contributed by atoms with van der Waals surface area (Å²) in [6.07, 6.45) is 11.6. The van der Waals surface area contributed by atoms with Gasteiger partial charge in [0.25, 0.3) is 0 Å². The number of benzene rings is 1. The highest BCUT2D eigenvalue weighted by Crippen LogP contribution is 2.42. The van der Waals surface area contributed by atoms with E-state index in [-0.39, 0.29) is 5.60 Å². The summed E-state index contributed by atoms with van der Waals surface area (Å²) in [6, 6.07) is 8.27. The van der Waals surface area contributed by atoms with E-state index in [2.05, 4.69) is 22.9 Å². The van der Waals surface area contributed by atoms with Gasteiger partial charge in [0.05, 0.1) is 17.2 Å². The normalized spacial score (nSPS) is 24.9. The van der Waals surface area contributed by atoms with Gasteiger partial charge in [-0.15, -0.1) is 0 Å². The minimum absolute atomic E-state index is 0.213. The van der Waals surface area contributed by atoms with Crippen LogP contribution in [0.1, 0.15) is 44.9 Å². The number of rotatable bonds is 2. The van der Waals surface area contributed by atoms with E-state index in [0.717, 1.165) is 17.6 Å². The summed E-state index contributed by atoms with van der Waals surface area (Å²) in [7, 11) is 0. The Morgan fingerprint density at radius 3 is 2.86 bits per heavy atom. The molecule has 1 aromatic carbocycles. The van der Waals surface area contributed by atoms with E-state index in [4.69, 9.17) is 10.5 Å². The van der Waals surface area contributed by atoms with Gasteiger partial charge < -0.3 is 15.0 Å². The van der Waals surface area contributed by atoms with E-state index in [0.29, 0.717) is 6.10 Å². The molecular formula is C18H24N2O. The number of hydrogen-bond acceptors (Lipinski definition) is 2. The third-order valence-electron chi connectivity index (χ3n) is 5.35. The average Bonchev–Trinajstić information content (AvgIpc) is 3.07. The molecule has 1 atom stereocenters. The first-order valence-electron chi connectivity index (χ1n) is 8.27. The molecule has 21 heavy (non-hydrogen) atoms. The number of ether oxygens (including phenoxy) is 1. The predicted octanol–water partition coefficient (Wildman–Crippen LogP) is 4.11. The van der Waals surface area contributed by atoms with Gasteiger partial charge in [0.2, 0.25) is 0 Å². The minimum Gasteiger partial charge on any atom is -0.398 e. The van der Waals surface area contributed by atoms with E-state index in [1.807, 2.05) is 12.1 Å². The van der Waals surface area contributed by atoms with Gasteiger partial charge in [-0.05, 0) is 43.9 Å². The van der Waals surface area contributed by atoms with E-state index < -0.39 is 0 Å². The van der Waals surface area contributed by atoms with Crippen LogP contribution in [-0.4, -0.2) is 16.3 Å². The third-order valence-corrected chi connectivity index (χ3v) is 5.35. The van der Waals surface area contributed by atoms with Gasteiger partial charge in [-0.25, -0.2) is 0 Å². The van der Waals surface area contributed by atoms with Gasteiger partial charge in [-0.1, -0.05) is 25.3 Å². The molecule has 1 aromatic heterocycles. The van der Waals surface area contributed by atoms with Crippen molar-refractivity contribution in [3.05, 3.63) is 30.5 Å². The summed E-state index contributed by atoms with van der Waals surface area (Å²) in [5, 5.41) is 1.16. The fourth-order valence-corrected chi connectivity index (χ4v) is 4.21. The Morgan fingerprint density at radius 2 is 2.00 bits per heavy atom. The van der Waals surface area contributed by atoms with Crippen molar-refractivity contribution in [2.75, 3.05) is 5.73 Å². The van der Waals surface area contributed by atoms with Crippen LogP contribution >= 0.6 is 0 Å². The van der Waals surface area contributed by atoms with Gasteiger partial charge in [0.15, 0.2) is 0 Å². The summed E-state index contributed by atoms with van der Waals surface area (Å²) in [4.78, 5) is 0. The van der Waals surface area contributed by atoms with Crippen molar-refractivity contribution in [1.82, 2.24) is 4.57 Å². The molecule has 0 amide bonds. The molecule has 2 heterocycles. The number of aromatic nitrogens is 1. The lowest BCUT2D eigenvalue weighted by atomic mass is 9.83. The average molecular weight is 284 g/mol. The van der Waals surface area contributed by atoms with Crippen LogP contribution < -0.4 is 5.73 Å². The largest absolute Gasteiger partial charge is 0.398 e. The summed E-state index contributed by atoms with van der Waals surface area (Å²) < 4.78 is 8.79. The van der Waals surface area contributed by atoms with Crippen molar-refractivity contribution in [2.24, 2.45) is 0 Å². The molecule has 2 fully saturated rings. The Labute approximate surface area is 126 Å². The molecule has 3 heteroatoms. The molecular weight excluding hydrogens is 260 g/mol. The SMILES string of the molecule is Nc1cccc2c1ccn2CC1CCC2(CCCCC2)O1. The zero-order valence-corrected chi connectivity index (χ0v) is 12.6. The van der Waals surface area contributed by atoms with Gasteiger partial charge in [-0.2, -0.15) is 0 Å². The Balaban J connectivity index is 1.52. The van der Waals surface area contributed by atoms with Crippen molar-refractivity contribution >= 4 is 16.6 Å². The van der Waals surface area contributed by atoms with Crippen LogP contribution in [0.4, 0.5) is 5.69 Å². The second kappa shape index (κ2) is 5.06. The van der Waals surface area contributed by atoms with Crippen LogP contribution in [0.15, 0.2) is 30.5 Å². The second-order valence-corrected chi connectivity index (χ2v) is 6.77. The fraction of sp³-hybridized carbons (Fsp3) is 0.556. The molecule has 2 aromatic rings. The quantitative estimate of drug-likeness (QED) is 0.843. The number of fused-ring (bicyclic) bond motifs is 1. The molecule has 0 radical (unpaired) electrons. The number of hydrogen-bond donors (Lipinski definition) is 1. The molecule has 1 spiro atoms. The standard InChI is InChI=1S/C18H24N2O/c19-16-5-4-6-17-15(16)8-12-20(17)13-14-7-11-18(21-14)9-2-1-3-10-18/h4-6,8,12,14H,1-3,7,9-11,13,19H2. The maximum atomic E-state index is 6.49. The molecule has 3 nitrogen and oxygen atoms in total. The molecule has 1 saturated heterocycles. The molecule has 1 unspecified atom stereocenters. The molecule has 1 saturated carbocycles. The predicted molar refractivity (Wildman–Crippen MR) is 86.3 cm³/mol. The highest BCUT2D eigenvalue weighted by Gasteiger charge is 2.40. The first-order chi connectivity index (χ1) is 10.3. The lowest BCUT2D eigenvalue weighted by molar-refractivity contribution is -0.0676. The molecule has 4 rings (SSSR count). The zero-order chi connectivity index (χ0) is 14.3. The lowest BCUT2D eigenvalue weighted by Gasteiger charge is -2.33. The zero-order valence-electron chi connectivity index (χ0n) is 12.6. The first-order valence-corrected chi connectivity index (χ1v) is 8.27. The fourth-order valence-electron chi connectivity index (χ4n) is 4.21. The molecule has 0 bridgehead atoms. The molecule has 112 valence electrons. The first kappa shape index (κ1) is 13.2. The molecule has 1 aliphatic carbocycles. The Morgan fingerprint density at radius 1 is 1.14 bits per heavy atom. The van der Waals surface area contributed by atoms with Gasteiger partial charge in [0.1, 0.15) is 0 Å². The number of nitrogens with two attached hydrogens (primary N) is 1. The van der Waals surface area contributed by atoms with Crippen molar-refractivity contribution in [1.29, 1.82) is 0 Å². The van der Waals surface area contributed by atoms with Crippen LogP contribution in [0.5, 0.6) is 0 Å². The van der Waals surface area contributed by atoms with Crippen molar-refractivity contribution in [2.45, 2.75) is 63.2 Å². The van der Waals surface area contributed by atoms with E-state index >= 15 is 0 Å². The molecule has 2 N–H and O–H groups in total. The second-order valence-electron chi connectivity index (χ2n) is 6.77. The van der Waals surface area contributed by atoms with Crippen LogP contribution in [0, 0.1) is 0 Å². The summed E-state index contributed by atoms with van der Waals surface area (Å²) in [6.45, 7) is 0.953. The lowest BCUT2D eigenvalue weighted by Crippen LogP contribution is -2.32. The third kappa shape index (κ3) is 2.34. The van der Waals surface area contributed by atoms with Crippen LogP contribution in [-0.2, 0) is 11.3 Å². The van der Waals surface area contributed by atoms with E-state index in [9.17, 15) is 0 Å². The maximum absolute atomic E-state index is 6.49. The van der Waals surface area contributed by atoms with Gasteiger partial charge in [-0.3, -0.25) is 0 Å².